The molecule has 0 radical (unpaired) electrons. The maximum Gasteiger partial charge on any atom is 0.0992 e. The standard InChI is InChI=1S/C16H17N3/c1-12-2-4-13(5-3-12)8-9-19-16-10-14(11-17)6-7-15(16)18/h2-7,10,19H,8-9,18H2,1H3. The lowest BCUT2D eigenvalue weighted by Crippen LogP contribution is -2.07. The third-order valence-corrected chi connectivity index (χ3v) is 3.03. The van der Waals surface area contributed by atoms with Crippen LogP contribution in [-0.2, 0) is 6.42 Å². The molecule has 0 fully saturated rings. The van der Waals surface area contributed by atoms with Gasteiger partial charge in [-0.3, -0.25) is 0 Å². The smallest absolute Gasteiger partial charge is 0.0992 e. The van der Waals surface area contributed by atoms with Crippen LogP contribution >= 0.6 is 0 Å². The summed E-state index contributed by atoms with van der Waals surface area (Å²) in [6.07, 6.45) is 0.927. The molecule has 0 saturated carbocycles. The number of aryl methyl sites for hydroxylation is 1. The predicted octanol–water partition coefficient (Wildman–Crippen LogP) is 3.10. The number of nitrogens with two attached hydrogens (primary N) is 1. The number of hydrogen-bond donors (Lipinski definition) is 2. The monoisotopic (exact) mass is 251 g/mol. The topological polar surface area (TPSA) is 61.8 Å². The van der Waals surface area contributed by atoms with E-state index in [0.29, 0.717) is 11.3 Å². The fraction of sp³-hybridized carbons (Fsp3) is 0.188. The van der Waals surface area contributed by atoms with E-state index in [2.05, 4.69) is 42.6 Å². The number of benzene rings is 2. The lowest BCUT2D eigenvalue weighted by molar-refractivity contribution is 1.02. The second-order valence-corrected chi connectivity index (χ2v) is 4.58. The maximum atomic E-state index is 8.86. The highest BCUT2D eigenvalue weighted by molar-refractivity contribution is 5.68. The van der Waals surface area contributed by atoms with Gasteiger partial charge < -0.3 is 11.1 Å². The third kappa shape index (κ3) is 3.49. The molecule has 0 aliphatic heterocycles. The highest BCUT2D eigenvalue weighted by Gasteiger charge is 2.00. The van der Waals surface area contributed by atoms with Crippen molar-refractivity contribution < 1.29 is 0 Å². The van der Waals surface area contributed by atoms with Crippen LogP contribution in [0.3, 0.4) is 0 Å². The summed E-state index contributed by atoms with van der Waals surface area (Å²) in [6, 6.07) is 15.9. The van der Waals surface area contributed by atoms with E-state index in [9.17, 15) is 0 Å². The van der Waals surface area contributed by atoms with Gasteiger partial charge in [0.2, 0.25) is 0 Å². The molecule has 3 heteroatoms. The van der Waals surface area contributed by atoms with Gasteiger partial charge in [0.25, 0.3) is 0 Å². The SMILES string of the molecule is Cc1ccc(CCNc2cc(C#N)ccc2N)cc1. The van der Waals surface area contributed by atoms with Gasteiger partial charge in [0.1, 0.15) is 0 Å². The molecule has 0 spiro atoms. The van der Waals surface area contributed by atoms with Crippen molar-refractivity contribution in [2.75, 3.05) is 17.6 Å². The summed E-state index contributed by atoms with van der Waals surface area (Å²) in [5.74, 6) is 0. The van der Waals surface area contributed by atoms with E-state index in [4.69, 9.17) is 11.0 Å². The average Bonchev–Trinajstić information content (AvgIpc) is 2.43. The van der Waals surface area contributed by atoms with Crippen molar-refractivity contribution in [3.8, 4) is 6.07 Å². The van der Waals surface area contributed by atoms with E-state index in [1.54, 1.807) is 18.2 Å². The summed E-state index contributed by atoms with van der Waals surface area (Å²) in [7, 11) is 0. The van der Waals surface area contributed by atoms with Crippen LogP contribution < -0.4 is 11.1 Å². The van der Waals surface area contributed by atoms with Crippen LogP contribution in [0.5, 0.6) is 0 Å². The number of nitrogens with zero attached hydrogens (tertiary/aromatic N) is 1. The van der Waals surface area contributed by atoms with Gasteiger partial charge in [0, 0.05) is 6.54 Å². The molecule has 0 amide bonds. The Morgan fingerprint density at radius 3 is 2.58 bits per heavy atom. The van der Waals surface area contributed by atoms with Crippen molar-refractivity contribution in [1.82, 2.24) is 0 Å². The molecule has 0 aromatic heterocycles. The van der Waals surface area contributed by atoms with Crippen molar-refractivity contribution in [1.29, 1.82) is 5.26 Å². The van der Waals surface area contributed by atoms with Crippen molar-refractivity contribution in [2.24, 2.45) is 0 Å². The van der Waals surface area contributed by atoms with Gasteiger partial charge in [0.15, 0.2) is 0 Å². The Balaban J connectivity index is 1.96. The van der Waals surface area contributed by atoms with Gasteiger partial charge in [-0.25, -0.2) is 0 Å². The van der Waals surface area contributed by atoms with Crippen LogP contribution in [0.4, 0.5) is 11.4 Å². The van der Waals surface area contributed by atoms with E-state index in [1.165, 1.54) is 11.1 Å². The Morgan fingerprint density at radius 2 is 1.89 bits per heavy atom. The summed E-state index contributed by atoms with van der Waals surface area (Å²) in [5.41, 5.74) is 10.5. The van der Waals surface area contributed by atoms with Crippen LogP contribution in [0.1, 0.15) is 16.7 Å². The van der Waals surface area contributed by atoms with Crippen LogP contribution in [0.25, 0.3) is 0 Å². The molecule has 3 N–H and O–H groups in total. The van der Waals surface area contributed by atoms with Crippen molar-refractivity contribution in [3.05, 3.63) is 59.2 Å². The average molecular weight is 251 g/mol. The van der Waals surface area contributed by atoms with Gasteiger partial charge in [-0.05, 0) is 37.1 Å². The van der Waals surface area contributed by atoms with Crippen LogP contribution in [-0.4, -0.2) is 6.54 Å². The minimum atomic E-state index is 0.618. The van der Waals surface area contributed by atoms with Crippen LogP contribution in [0.15, 0.2) is 42.5 Å². The van der Waals surface area contributed by atoms with Crippen LogP contribution in [0.2, 0.25) is 0 Å². The zero-order chi connectivity index (χ0) is 13.7. The van der Waals surface area contributed by atoms with Crippen LogP contribution in [0, 0.1) is 18.3 Å². The van der Waals surface area contributed by atoms with E-state index in [1.807, 2.05) is 0 Å². The van der Waals surface area contributed by atoms with Gasteiger partial charge >= 0.3 is 0 Å². The fourth-order valence-electron chi connectivity index (χ4n) is 1.88. The van der Waals surface area contributed by atoms with Crippen molar-refractivity contribution in [3.63, 3.8) is 0 Å². The van der Waals surface area contributed by atoms with Gasteiger partial charge in [-0.15, -0.1) is 0 Å². The van der Waals surface area contributed by atoms with Crippen molar-refractivity contribution in [2.45, 2.75) is 13.3 Å². The van der Waals surface area contributed by atoms with Gasteiger partial charge in [-0.1, -0.05) is 29.8 Å². The first-order chi connectivity index (χ1) is 9.19. The highest BCUT2D eigenvalue weighted by atomic mass is 14.9. The number of rotatable bonds is 4. The Bertz CT molecular complexity index is 594. The summed E-state index contributed by atoms with van der Waals surface area (Å²) >= 11 is 0. The maximum absolute atomic E-state index is 8.86. The second kappa shape index (κ2) is 5.92. The minimum Gasteiger partial charge on any atom is -0.397 e. The molecule has 0 unspecified atom stereocenters. The van der Waals surface area contributed by atoms with E-state index in [0.717, 1.165) is 18.7 Å². The molecule has 0 aliphatic carbocycles. The molecule has 2 aromatic carbocycles. The molecule has 0 aliphatic rings. The molecular weight excluding hydrogens is 234 g/mol. The second-order valence-electron chi connectivity index (χ2n) is 4.58. The number of anilines is 2. The molecule has 3 nitrogen and oxygen atoms in total. The Labute approximate surface area is 113 Å². The number of nitrogens with one attached hydrogen (secondary N) is 1. The Kier molecular flexibility index (Phi) is 4.04. The van der Waals surface area contributed by atoms with Gasteiger partial charge in [0.05, 0.1) is 23.0 Å². The van der Waals surface area contributed by atoms with E-state index >= 15 is 0 Å². The summed E-state index contributed by atoms with van der Waals surface area (Å²) in [4.78, 5) is 0. The van der Waals surface area contributed by atoms with Gasteiger partial charge in [-0.2, -0.15) is 5.26 Å². The van der Waals surface area contributed by atoms with Crippen molar-refractivity contribution >= 4 is 11.4 Å². The minimum absolute atomic E-state index is 0.618. The molecule has 0 atom stereocenters. The first kappa shape index (κ1) is 13.0. The largest absolute Gasteiger partial charge is 0.397 e. The molecule has 0 heterocycles. The van der Waals surface area contributed by atoms with E-state index in [-0.39, 0.29) is 0 Å². The molecule has 19 heavy (non-hydrogen) atoms. The quantitative estimate of drug-likeness (QED) is 0.821. The third-order valence-electron chi connectivity index (χ3n) is 3.03. The summed E-state index contributed by atoms with van der Waals surface area (Å²) < 4.78 is 0. The normalized spacial score (nSPS) is 9.89. The summed E-state index contributed by atoms with van der Waals surface area (Å²) in [6.45, 7) is 2.87. The molecule has 96 valence electrons. The number of nitrogen functional groups attached to an aromatic ring is 1. The zero-order valence-electron chi connectivity index (χ0n) is 11.0. The lowest BCUT2D eigenvalue weighted by atomic mass is 10.1. The molecular formula is C16H17N3. The Hall–Kier alpha value is -2.47. The molecule has 2 aromatic rings. The number of nitriles is 1. The molecule has 2 rings (SSSR count). The number of hydrogen-bond acceptors (Lipinski definition) is 3. The lowest BCUT2D eigenvalue weighted by Gasteiger charge is -2.09. The molecule has 0 saturated heterocycles. The zero-order valence-corrected chi connectivity index (χ0v) is 11.0. The van der Waals surface area contributed by atoms with E-state index < -0.39 is 0 Å². The molecule has 0 bridgehead atoms. The highest BCUT2D eigenvalue weighted by Crippen LogP contribution is 2.19. The first-order valence-corrected chi connectivity index (χ1v) is 6.28. The summed E-state index contributed by atoms with van der Waals surface area (Å²) in [5, 5.41) is 12.1. The predicted molar refractivity (Wildman–Crippen MR) is 78.9 cm³/mol. The Morgan fingerprint density at radius 1 is 1.16 bits per heavy atom. The fourth-order valence-corrected chi connectivity index (χ4v) is 1.88. The first-order valence-electron chi connectivity index (χ1n) is 6.28.